The fourth-order valence-electron chi connectivity index (χ4n) is 1.16. The highest BCUT2D eigenvalue weighted by molar-refractivity contribution is 5.44. The topological polar surface area (TPSA) is 77.3 Å². The number of rotatable bonds is 5. The lowest BCUT2D eigenvalue weighted by Crippen LogP contribution is -2.20. The van der Waals surface area contributed by atoms with Crippen LogP contribution in [0.3, 0.4) is 0 Å². The summed E-state index contributed by atoms with van der Waals surface area (Å²) in [5, 5.41) is 13.4. The van der Waals surface area contributed by atoms with Gasteiger partial charge in [0.25, 0.3) is 0 Å². The van der Waals surface area contributed by atoms with Crippen LogP contribution in [-0.2, 0) is 4.74 Å². The van der Waals surface area contributed by atoms with Crippen molar-refractivity contribution in [1.82, 2.24) is 4.98 Å². The van der Waals surface area contributed by atoms with Gasteiger partial charge in [-0.1, -0.05) is 0 Å². The van der Waals surface area contributed by atoms with Gasteiger partial charge in [-0.05, 0) is 22.9 Å². The highest BCUT2D eigenvalue weighted by Crippen LogP contribution is 2.12. The molecule has 0 saturated carbocycles. The molecule has 0 radical (unpaired) electrons. The molecule has 15 heavy (non-hydrogen) atoms. The Morgan fingerprint density at radius 1 is 1.67 bits per heavy atom. The third kappa shape index (κ3) is 3.51. The quantitative estimate of drug-likeness (QED) is 0.589. The van der Waals surface area contributed by atoms with Crippen LogP contribution < -0.4 is 5.32 Å². The zero-order valence-corrected chi connectivity index (χ0v) is 8.64. The fourth-order valence-corrected chi connectivity index (χ4v) is 1.16. The SMILES string of the molecule is COCC(C)Nc1ccc([N+](=O)[O-])nc1. The average molecular weight is 211 g/mol. The molecule has 0 saturated heterocycles. The van der Waals surface area contributed by atoms with Crippen LogP contribution in [0.2, 0.25) is 0 Å². The number of hydrogen-bond acceptors (Lipinski definition) is 5. The third-order valence-corrected chi connectivity index (χ3v) is 1.76. The van der Waals surface area contributed by atoms with Gasteiger partial charge in [0.2, 0.25) is 0 Å². The molecule has 1 N–H and O–H groups in total. The molecule has 1 heterocycles. The minimum atomic E-state index is -0.525. The van der Waals surface area contributed by atoms with Crippen molar-refractivity contribution in [2.24, 2.45) is 0 Å². The number of nitro groups is 1. The third-order valence-electron chi connectivity index (χ3n) is 1.76. The Labute approximate surface area is 87.4 Å². The number of anilines is 1. The monoisotopic (exact) mass is 211 g/mol. The van der Waals surface area contributed by atoms with E-state index in [-0.39, 0.29) is 11.9 Å². The van der Waals surface area contributed by atoms with Crippen molar-refractivity contribution in [2.75, 3.05) is 19.0 Å². The summed E-state index contributed by atoms with van der Waals surface area (Å²) in [7, 11) is 1.62. The molecule has 1 aromatic rings. The van der Waals surface area contributed by atoms with Gasteiger partial charge in [0.15, 0.2) is 6.20 Å². The smallest absolute Gasteiger partial charge is 0.363 e. The molecule has 6 heteroatoms. The molecule has 0 aromatic carbocycles. The maximum absolute atomic E-state index is 10.3. The van der Waals surface area contributed by atoms with Crippen LogP contribution in [0.15, 0.2) is 18.3 Å². The lowest BCUT2D eigenvalue weighted by Gasteiger charge is -2.12. The van der Waals surface area contributed by atoms with Gasteiger partial charge in [0, 0.05) is 19.2 Å². The Morgan fingerprint density at radius 3 is 2.87 bits per heavy atom. The zero-order valence-electron chi connectivity index (χ0n) is 8.64. The molecule has 1 aromatic heterocycles. The van der Waals surface area contributed by atoms with Gasteiger partial charge in [0.05, 0.1) is 12.3 Å². The van der Waals surface area contributed by atoms with Gasteiger partial charge >= 0.3 is 5.82 Å². The van der Waals surface area contributed by atoms with E-state index in [2.05, 4.69) is 10.3 Å². The predicted octanol–water partition coefficient (Wildman–Crippen LogP) is 1.44. The minimum Gasteiger partial charge on any atom is -0.383 e. The molecular formula is C9H13N3O3. The molecule has 0 aliphatic heterocycles. The minimum absolute atomic E-state index is 0.137. The van der Waals surface area contributed by atoms with Crippen LogP contribution in [0, 0.1) is 10.1 Å². The van der Waals surface area contributed by atoms with Crippen molar-refractivity contribution in [3.05, 3.63) is 28.4 Å². The van der Waals surface area contributed by atoms with Crippen LogP contribution in [-0.4, -0.2) is 29.7 Å². The molecule has 1 unspecified atom stereocenters. The molecule has 0 fully saturated rings. The largest absolute Gasteiger partial charge is 0.383 e. The van der Waals surface area contributed by atoms with Crippen LogP contribution in [0.25, 0.3) is 0 Å². The predicted molar refractivity (Wildman–Crippen MR) is 55.9 cm³/mol. The highest BCUT2D eigenvalue weighted by atomic mass is 16.6. The first-order chi connectivity index (χ1) is 7.13. The summed E-state index contributed by atoms with van der Waals surface area (Å²) < 4.78 is 4.95. The second-order valence-electron chi connectivity index (χ2n) is 3.16. The number of nitrogens with zero attached hydrogens (tertiary/aromatic N) is 2. The van der Waals surface area contributed by atoms with Gasteiger partial charge in [-0.2, -0.15) is 0 Å². The molecule has 6 nitrogen and oxygen atoms in total. The summed E-state index contributed by atoms with van der Waals surface area (Å²) in [6, 6.07) is 3.12. The Hall–Kier alpha value is -1.69. The Bertz CT molecular complexity index is 326. The van der Waals surface area contributed by atoms with Gasteiger partial charge in [-0.25, -0.2) is 0 Å². The molecule has 0 aliphatic rings. The summed E-state index contributed by atoms with van der Waals surface area (Å²) in [5.74, 6) is -0.153. The Kier molecular flexibility index (Phi) is 3.99. The first-order valence-electron chi connectivity index (χ1n) is 4.49. The molecular weight excluding hydrogens is 198 g/mol. The lowest BCUT2D eigenvalue weighted by molar-refractivity contribution is -0.389. The van der Waals surface area contributed by atoms with E-state index in [1.54, 1.807) is 13.2 Å². The number of pyridine rings is 1. The van der Waals surface area contributed by atoms with E-state index in [0.717, 1.165) is 5.69 Å². The van der Waals surface area contributed by atoms with Crippen molar-refractivity contribution < 1.29 is 9.66 Å². The maximum atomic E-state index is 10.3. The van der Waals surface area contributed by atoms with Crippen LogP contribution in [0.4, 0.5) is 11.5 Å². The first kappa shape index (κ1) is 11.4. The Balaban J connectivity index is 2.60. The number of aromatic nitrogens is 1. The summed E-state index contributed by atoms with van der Waals surface area (Å²) in [4.78, 5) is 13.5. The highest BCUT2D eigenvalue weighted by Gasteiger charge is 2.07. The number of hydrogen-bond donors (Lipinski definition) is 1. The van der Waals surface area contributed by atoms with E-state index in [0.29, 0.717) is 6.61 Å². The molecule has 0 bridgehead atoms. The average Bonchev–Trinajstić information content (AvgIpc) is 2.18. The van der Waals surface area contributed by atoms with E-state index in [9.17, 15) is 10.1 Å². The molecule has 82 valence electrons. The van der Waals surface area contributed by atoms with Crippen molar-refractivity contribution >= 4 is 11.5 Å². The first-order valence-corrected chi connectivity index (χ1v) is 4.49. The van der Waals surface area contributed by atoms with Gasteiger partial charge in [-0.15, -0.1) is 0 Å². The number of ether oxygens (including phenoxy) is 1. The van der Waals surface area contributed by atoms with E-state index in [4.69, 9.17) is 4.74 Å². The normalized spacial score (nSPS) is 12.1. The second kappa shape index (κ2) is 5.26. The van der Waals surface area contributed by atoms with Crippen molar-refractivity contribution in [3.8, 4) is 0 Å². The number of nitrogens with one attached hydrogen (secondary N) is 1. The summed E-state index contributed by atoms with van der Waals surface area (Å²) in [5.41, 5.74) is 0.741. The lowest BCUT2D eigenvalue weighted by atomic mass is 10.3. The standard InChI is InChI=1S/C9H13N3O3/c1-7(6-15-2)11-8-3-4-9(10-5-8)12(13)14/h3-5,7,11H,6H2,1-2H3. The van der Waals surface area contributed by atoms with Crippen LogP contribution >= 0.6 is 0 Å². The van der Waals surface area contributed by atoms with E-state index >= 15 is 0 Å². The van der Waals surface area contributed by atoms with Gasteiger partial charge in [0.1, 0.15) is 0 Å². The van der Waals surface area contributed by atoms with Gasteiger partial charge < -0.3 is 20.2 Å². The van der Waals surface area contributed by atoms with Gasteiger partial charge in [-0.3, -0.25) is 0 Å². The molecule has 0 amide bonds. The summed E-state index contributed by atoms with van der Waals surface area (Å²) >= 11 is 0. The van der Waals surface area contributed by atoms with E-state index in [1.165, 1.54) is 12.3 Å². The fraction of sp³-hybridized carbons (Fsp3) is 0.444. The maximum Gasteiger partial charge on any atom is 0.363 e. The molecule has 0 aliphatic carbocycles. The zero-order chi connectivity index (χ0) is 11.3. The summed E-state index contributed by atoms with van der Waals surface area (Å²) in [6.45, 7) is 2.52. The van der Waals surface area contributed by atoms with Crippen LogP contribution in [0.5, 0.6) is 0 Å². The van der Waals surface area contributed by atoms with Crippen molar-refractivity contribution in [1.29, 1.82) is 0 Å². The molecule has 1 atom stereocenters. The van der Waals surface area contributed by atoms with E-state index < -0.39 is 4.92 Å². The number of methoxy groups -OCH3 is 1. The van der Waals surface area contributed by atoms with Crippen molar-refractivity contribution in [3.63, 3.8) is 0 Å². The second-order valence-corrected chi connectivity index (χ2v) is 3.16. The summed E-state index contributed by atoms with van der Waals surface area (Å²) in [6.07, 6.45) is 1.43. The Morgan fingerprint density at radius 2 is 2.40 bits per heavy atom. The molecule has 0 spiro atoms. The molecule has 1 rings (SSSR count). The van der Waals surface area contributed by atoms with E-state index in [1.807, 2.05) is 6.92 Å². The van der Waals surface area contributed by atoms with Crippen LogP contribution in [0.1, 0.15) is 6.92 Å². The van der Waals surface area contributed by atoms with Crippen molar-refractivity contribution in [2.45, 2.75) is 13.0 Å².